The van der Waals surface area contributed by atoms with Gasteiger partial charge < -0.3 is 21.0 Å². The standard InChI is InChI=1S/C8H11N3O3/c1-8(9,5-12)6-2-3-7(10-4-6)11(13)14/h2-4,12H,5,9H2,1H3/t8-/m1/s1. The molecule has 0 unspecified atom stereocenters. The van der Waals surface area contributed by atoms with E-state index in [1.165, 1.54) is 18.3 Å². The van der Waals surface area contributed by atoms with Crippen molar-refractivity contribution < 1.29 is 10.0 Å². The van der Waals surface area contributed by atoms with Gasteiger partial charge in [0.2, 0.25) is 0 Å². The van der Waals surface area contributed by atoms with Crippen LogP contribution in [0.15, 0.2) is 18.3 Å². The van der Waals surface area contributed by atoms with Gasteiger partial charge in [0.05, 0.1) is 12.1 Å². The predicted molar refractivity (Wildman–Crippen MR) is 49.5 cm³/mol. The lowest BCUT2D eigenvalue weighted by Crippen LogP contribution is -2.36. The number of rotatable bonds is 3. The average Bonchev–Trinajstić information content (AvgIpc) is 2.18. The first-order valence-electron chi connectivity index (χ1n) is 3.98. The van der Waals surface area contributed by atoms with Crippen LogP contribution in [0.2, 0.25) is 0 Å². The number of pyridine rings is 1. The van der Waals surface area contributed by atoms with Crippen molar-refractivity contribution in [3.63, 3.8) is 0 Å². The highest BCUT2D eigenvalue weighted by Gasteiger charge is 2.22. The molecule has 3 N–H and O–H groups in total. The number of nitrogens with two attached hydrogens (primary N) is 1. The van der Waals surface area contributed by atoms with E-state index in [9.17, 15) is 10.1 Å². The lowest BCUT2D eigenvalue weighted by Gasteiger charge is -2.20. The van der Waals surface area contributed by atoms with Crippen LogP contribution in [0.25, 0.3) is 0 Å². The molecule has 6 heteroatoms. The van der Waals surface area contributed by atoms with E-state index in [4.69, 9.17) is 10.8 Å². The molecular formula is C8H11N3O3. The second-order valence-electron chi connectivity index (χ2n) is 3.24. The minimum Gasteiger partial charge on any atom is -0.394 e. The van der Waals surface area contributed by atoms with Crippen LogP contribution in [0, 0.1) is 10.1 Å². The Balaban J connectivity index is 2.99. The monoisotopic (exact) mass is 197 g/mol. The van der Waals surface area contributed by atoms with Gasteiger partial charge in [-0.3, -0.25) is 0 Å². The fraction of sp³-hybridized carbons (Fsp3) is 0.375. The predicted octanol–water partition coefficient (Wildman–Crippen LogP) is 0.156. The Morgan fingerprint density at radius 2 is 2.36 bits per heavy atom. The number of aliphatic hydroxyl groups excluding tert-OH is 1. The van der Waals surface area contributed by atoms with Crippen LogP contribution < -0.4 is 5.73 Å². The Morgan fingerprint density at radius 1 is 1.71 bits per heavy atom. The van der Waals surface area contributed by atoms with Crippen LogP contribution in [0.3, 0.4) is 0 Å². The maximum absolute atomic E-state index is 10.3. The average molecular weight is 197 g/mol. The SMILES string of the molecule is C[C@@](N)(CO)c1ccc([N+](=O)[O-])nc1. The maximum Gasteiger partial charge on any atom is 0.363 e. The highest BCUT2D eigenvalue weighted by molar-refractivity contribution is 5.27. The van der Waals surface area contributed by atoms with Gasteiger partial charge >= 0.3 is 5.82 Å². The molecule has 0 aliphatic heterocycles. The molecule has 1 heterocycles. The molecule has 76 valence electrons. The fourth-order valence-corrected chi connectivity index (χ4v) is 0.923. The van der Waals surface area contributed by atoms with Gasteiger partial charge in [-0.2, -0.15) is 0 Å². The van der Waals surface area contributed by atoms with Crippen molar-refractivity contribution in [2.75, 3.05) is 6.61 Å². The zero-order chi connectivity index (χ0) is 10.8. The van der Waals surface area contributed by atoms with E-state index in [0.717, 1.165) is 0 Å². The first-order chi connectivity index (χ1) is 6.47. The first-order valence-corrected chi connectivity index (χ1v) is 3.98. The minimum atomic E-state index is -0.915. The van der Waals surface area contributed by atoms with Gasteiger partial charge in [-0.05, 0) is 22.9 Å². The Kier molecular flexibility index (Phi) is 2.78. The zero-order valence-corrected chi connectivity index (χ0v) is 7.67. The van der Waals surface area contributed by atoms with Crippen LogP contribution in [-0.2, 0) is 5.54 Å². The van der Waals surface area contributed by atoms with Crippen molar-refractivity contribution in [3.05, 3.63) is 34.0 Å². The fourth-order valence-electron chi connectivity index (χ4n) is 0.923. The number of hydrogen-bond donors (Lipinski definition) is 2. The maximum atomic E-state index is 10.3. The molecule has 1 rings (SSSR count). The largest absolute Gasteiger partial charge is 0.394 e. The summed E-state index contributed by atoms with van der Waals surface area (Å²) in [4.78, 5) is 13.3. The topological polar surface area (TPSA) is 102 Å². The summed E-state index contributed by atoms with van der Waals surface area (Å²) < 4.78 is 0. The summed E-state index contributed by atoms with van der Waals surface area (Å²) in [5, 5.41) is 19.2. The number of aliphatic hydroxyl groups is 1. The van der Waals surface area contributed by atoms with Gasteiger partial charge in [0.25, 0.3) is 0 Å². The van der Waals surface area contributed by atoms with E-state index in [1.54, 1.807) is 6.92 Å². The van der Waals surface area contributed by atoms with Crippen LogP contribution in [0.5, 0.6) is 0 Å². The molecule has 0 fully saturated rings. The number of hydrogen-bond acceptors (Lipinski definition) is 5. The van der Waals surface area contributed by atoms with Gasteiger partial charge in [-0.15, -0.1) is 0 Å². The smallest absolute Gasteiger partial charge is 0.363 e. The molecule has 0 bridgehead atoms. The van der Waals surface area contributed by atoms with Crippen molar-refractivity contribution >= 4 is 5.82 Å². The molecule has 1 atom stereocenters. The Bertz CT molecular complexity index is 334. The first kappa shape index (κ1) is 10.6. The molecule has 0 aliphatic rings. The third-order valence-corrected chi connectivity index (χ3v) is 1.92. The molecule has 0 aromatic carbocycles. The van der Waals surface area contributed by atoms with Crippen molar-refractivity contribution in [2.45, 2.75) is 12.5 Å². The molecule has 0 amide bonds. The lowest BCUT2D eigenvalue weighted by molar-refractivity contribution is -0.389. The lowest BCUT2D eigenvalue weighted by atomic mass is 9.96. The molecule has 0 spiro atoms. The summed E-state index contributed by atoms with van der Waals surface area (Å²) in [5.41, 5.74) is 5.35. The molecular weight excluding hydrogens is 186 g/mol. The molecule has 6 nitrogen and oxygen atoms in total. The summed E-state index contributed by atoms with van der Waals surface area (Å²) >= 11 is 0. The van der Waals surface area contributed by atoms with Crippen molar-refractivity contribution in [1.29, 1.82) is 0 Å². The number of nitrogens with zero attached hydrogens (tertiary/aromatic N) is 2. The van der Waals surface area contributed by atoms with Gasteiger partial charge in [0.1, 0.15) is 6.20 Å². The van der Waals surface area contributed by atoms with Crippen LogP contribution >= 0.6 is 0 Å². The molecule has 0 aliphatic carbocycles. The third-order valence-electron chi connectivity index (χ3n) is 1.92. The molecule has 14 heavy (non-hydrogen) atoms. The van der Waals surface area contributed by atoms with Crippen LogP contribution in [0.4, 0.5) is 5.82 Å². The number of aromatic nitrogens is 1. The summed E-state index contributed by atoms with van der Waals surface area (Å²) in [6, 6.07) is 2.75. The van der Waals surface area contributed by atoms with Crippen molar-refractivity contribution in [1.82, 2.24) is 4.98 Å². The van der Waals surface area contributed by atoms with Crippen LogP contribution in [0.1, 0.15) is 12.5 Å². The highest BCUT2D eigenvalue weighted by Crippen LogP contribution is 2.17. The van der Waals surface area contributed by atoms with Crippen molar-refractivity contribution in [2.24, 2.45) is 5.73 Å². The Hall–Kier alpha value is -1.53. The normalized spacial score (nSPS) is 14.8. The highest BCUT2D eigenvalue weighted by atomic mass is 16.6. The molecule has 0 radical (unpaired) electrons. The van der Waals surface area contributed by atoms with Crippen LogP contribution in [-0.4, -0.2) is 21.6 Å². The second-order valence-corrected chi connectivity index (χ2v) is 3.24. The van der Waals surface area contributed by atoms with Gasteiger partial charge in [-0.1, -0.05) is 0 Å². The second kappa shape index (κ2) is 3.69. The summed E-state index contributed by atoms with van der Waals surface area (Å²) in [6.45, 7) is 1.38. The van der Waals surface area contributed by atoms with Gasteiger partial charge in [0.15, 0.2) is 0 Å². The van der Waals surface area contributed by atoms with E-state index >= 15 is 0 Å². The van der Waals surface area contributed by atoms with Crippen molar-refractivity contribution in [3.8, 4) is 0 Å². The minimum absolute atomic E-state index is 0.234. The molecule has 0 saturated heterocycles. The summed E-state index contributed by atoms with van der Waals surface area (Å²) in [7, 11) is 0. The van der Waals surface area contributed by atoms with E-state index in [-0.39, 0.29) is 12.4 Å². The van der Waals surface area contributed by atoms with E-state index in [0.29, 0.717) is 5.56 Å². The Morgan fingerprint density at radius 3 is 2.71 bits per heavy atom. The van der Waals surface area contributed by atoms with E-state index in [2.05, 4.69) is 4.98 Å². The molecule has 1 aromatic heterocycles. The summed E-state index contributed by atoms with van der Waals surface area (Å²) in [5.74, 6) is -0.234. The Labute approximate surface area is 80.5 Å². The molecule has 0 saturated carbocycles. The molecule has 1 aromatic rings. The zero-order valence-electron chi connectivity index (χ0n) is 7.67. The third kappa shape index (κ3) is 2.04. The quantitative estimate of drug-likeness (QED) is 0.530. The van der Waals surface area contributed by atoms with E-state index < -0.39 is 10.5 Å². The van der Waals surface area contributed by atoms with Gasteiger partial charge in [0, 0.05) is 11.6 Å². The van der Waals surface area contributed by atoms with E-state index in [1.807, 2.05) is 0 Å². The summed E-state index contributed by atoms with van der Waals surface area (Å²) in [6.07, 6.45) is 1.30. The number of nitro groups is 1. The van der Waals surface area contributed by atoms with Gasteiger partial charge in [-0.25, -0.2) is 0 Å².